The van der Waals surface area contributed by atoms with Crippen LogP contribution in [0.3, 0.4) is 0 Å². The van der Waals surface area contributed by atoms with Crippen LogP contribution >= 0.6 is 31.9 Å². The largest absolute Gasteiger partial charge is 0.493 e. The maximum atomic E-state index is 13.4. The molecule has 0 aliphatic rings. The summed E-state index contributed by atoms with van der Waals surface area (Å²) in [6.07, 6.45) is 2.35. The van der Waals surface area contributed by atoms with Crippen molar-refractivity contribution in [2.24, 2.45) is 5.10 Å². The molecule has 0 N–H and O–H groups in total. The highest BCUT2D eigenvalue weighted by molar-refractivity contribution is 9.10. The average Bonchev–Trinajstić information content (AvgIpc) is 2.91. The second kappa shape index (κ2) is 11.9. The summed E-state index contributed by atoms with van der Waals surface area (Å²) in [5.74, 6) is 1.46. The van der Waals surface area contributed by atoms with Gasteiger partial charge in [0.2, 0.25) is 0 Å². The highest BCUT2D eigenvalue weighted by Gasteiger charge is 2.16. The van der Waals surface area contributed by atoms with E-state index in [1.54, 1.807) is 36.5 Å². The number of rotatable bonds is 9. The highest BCUT2D eigenvalue weighted by Crippen LogP contribution is 2.34. The molecule has 11 heteroatoms. The Morgan fingerprint density at radius 2 is 1.95 bits per heavy atom. The van der Waals surface area contributed by atoms with Gasteiger partial charge in [-0.15, -0.1) is 0 Å². The molecule has 0 radical (unpaired) electrons. The smallest absolute Gasteiger partial charge is 0.282 e. The van der Waals surface area contributed by atoms with Crippen molar-refractivity contribution in [3.63, 3.8) is 0 Å². The zero-order valence-electron chi connectivity index (χ0n) is 20.9. The fourth-order valence-electron chi connectivity index (χ4n) is 3.74. The molecule has 196 valence electrons. The van der Waals surface area contributed by atoms with Crippen LogP contribution in [0.4, 0.5) is 5.69 Å². The summed E-state index contributed by atoms with van der Waals surface area (Å²) < 4.78 is 14.2. The van der Waals surface area contributed by atoms with Crippen molar-refractivity contribution in [2.45, 2.75) is 32.8 Å². The quantitative estimate of drug-likeness (QED) is 0.113. The van der Waals surface area contributed by atoms with E-state index in [0.717, 1.165) is 10.9 Å². The third-order valence-corrected chi connectivity index (χ3v) is 7.18. The van der Waals surface area contributed by atoms with Gasteiger partial charge in [-0.05, 0) is 58.2 Å². The zero-order valence-corrected chi connectivity index (χ0v) is 24.0. The number of benzene rings is 3. The van der Waals surface area contributed by atoms with E-state index in [0.29, 0.717) is 43.8 Å². The molecule has 0 amide bonds. The van der Waals surface area contributed by atoms with Crippen LogP contribution in [-0.2, 0) is 6.61 Å². The minimum atomic E-state index is -0.448. The SMILES string of the molecule is CC[C@H](C)c1nc2ccc(Br)cc2c(=O)n1N=Cc1cc(OC)c(OCc2cccc([N+](=O)[O-])c2)cc1Br. The van der Waals surface area contributed by atoms with Crippen molar-refractivity contribution < 1.29 is 14.4 Å². The Balaban J connectivity index is 1.68. The Labute approximate surface area is 235 Å². The molecule has 4 aromatic rings. The molecule has 38 heavy (non-hydrogen) atoms. The molecular weight excluding hydrogens is 620 g/mol. The van der Waals surface area contributed by atoms with Crippen LogP contribution in [0.15, 0.2) is 73.4 Å². The van der Waals surface area contributed by atoms with Crippen molar-refractivity contribution in [2.75, 3.05) is 7.11 Å². The maximum absolute atomic E-state index is 13.4. The lowest BCUT2D eigenvalue weighted by Gasteiger charge is -2.15. The van der Waals surface area contributed by atoms with Crippen LogP contribution < -0.4 is 15.0 Å². The molecule has 0 saturated heterocycles. The molecular formula is C27H24Br2N4O5. The van der Waals surface area contributed by atoms with E-state index in [1.807, 2.05) is 26.0 Å². The summed E-state index contributed by atoms with van der Waals surface area (Å²) in [4.78, 5) is 28.7. The number of aromatic nitrogens is 2. The summed E-state index contributed by atoms with van der Waals surface area (Å²) >= 11 is 6.97. The molecule has 4 rings (SSSR count). The number of non-ortho nitro benzene ring substituents is 1. The van der Waals surface area contributed by atoms with E-state index in [2.05, 4.69) is 37.0 Å². The number of fused-ring (bicyclic) bond motifs is 1. The van der Waals surface area contributed by atoms with Crippen LogP contribution in [0.2, 0.25) is 0 Å². The van der Waals surface area contributed by atoms with Crippen LogP contribution in [-0.4, -0.2) is 27.9 Å². The van der Waals surface area contributed by atoms with E-state index in [1.165, 1.54) is 23.9 Å². The Morgan fingerprint density at radius 1 is 1.16 bits per heavy atom. The predicted molar refractivity (Wildman–Crippen MR) is 154 cm³/mol. The molecule has 0 aliphatic carbocycles. The van der Waals surface area contributed by atoms with E-state index < -0.39 is 4.92 Å². The van der Waals surface area contributed by atoms with Gasteiger partial charge < -0.3 is 9.47 Å². The minimum Gasteiger partial charge on any atom is -0.493 e. The van der Waals surface area contributed by atoms with Gasteiger partial charge in [0.05, 0.1) is 29.2 Å². The van der Waals surface area contributed by atoms with E-state index in [4.69, 9.17) is 14.5 Å². The topological polar surface area (TPSA) is 109 Å². The summed E-state index contributed by atoms with van der Waals surface area (Å²) in [5, 5.41) is 16.0. The van der Waals surface area contributed by atoms with Crippen molar-refractivity contribution in [1.29, 1.82) is 0 Å². The number of nitro groups is 1. The Morgan fingerprint density at radius 3 is 2.66 bits per heavy atom. The number of nitrogens with zero attached hydrogens (tertiary/aromatic N) is 4. The van der Waals surface area contributed by atoms with E-state index in [9.17, 15) is 14.9 Å². The molecule has 1 heterocycles. The zero-order chi connectivity index (χ0) is 27.4. The molecule has 0 aliphatic heterocycles. The standard InChI is InChI=1S/C27H24Br2N4O5/c1-4-16(2)26-31-23-9-8-19(28)12-21(23)27(34)32(26)30-14-18-11-24(37-3)25(13-22(18)29)38-15-17-6-5-7-20(10-17)33(35)36/h5-14,16H,4,15H2,1-3H3/t16-/m0/s1. The molecule has 1 aromatic heterocycles. The molecule has 3 aromatic carbocycles. The van der Waals surface area contributed by atoms with Gasteiger partial charge in [-0.25, -0.2) is 4.98 Å². The van der Waals surface area contributed by atoms with Gasteiger partial charge in [0, 0.05) is 32.6 Å². The average molecular weight is 644 g/mol. The lowest BCUT2D eigenvalue weighted by atomic mass is 10.1. The van der Waals surface area contributed by atoms with Gasteiger partial charge in [-0.1, -0.05) is 41.9 Å². The first-order valence-electron chi connectivity index (χ1n) is 11.7. The van der Waals surface area contributed by atoms with Crippen molar-refractivity contribution in [1.82, 2.24) is 9.66 Å². The first kappa shape index (κ1) is 27.5. The minimum absolute atomic E-state index is 0.00616. The first-order chi connectivity index (χ1) is 18.2. The third-order valence-electron chi connectivity index (χ3n) is 6.00. The highest BCUT2D eigenvalue weighted by atomic mass is 79.9. The fourth-order valence-corrected chi connectivity index (χ4v) is 4.53. The number of hydrogen-bond acceptors (Lipinski definition) is 7. The summed E-state index contributed by atoms with van der Waals surface area (Å²) in [6, 6.07) is 15.1. The summed E-state index contributed by atoms with van der Waals surface area (Å²) in [5.41, 5.74) is 1.65. The Bertz CT molecular complexity index is 1600. The Hall–Kier alpha value is -3.57. The predicted octanol–water partition coefficient (Wildman–Crippen LogP) is 6.81. The molecule has 0 bridgehead atoms. The number of ether oxygens (including phenoxy) is 2. The molecule has 0 fully saturated rings. The number of nitro benzene ring substituents is 1. The lowest BCUT2D eigenvalue weighted by molar-refractivity contribution is -0.384. The maximum Gasteiger partial charge on any atom is 0.282 e. The van der Waals surface area contributed by atoms with E-state index in [-0.39, 0.29) is 23.8 Å². The molecule has 0 spiro atoms. The van der Waals surface area contributed by atoms with Gasteiger partial charge in [0.1, 0.15) is 12.4 Å². The van der Waals surface area contributed by atoms with Crippen LogP contribution in [0.1, 0.15) is 43.1 Å². The number of methoxy groups -OCH3 is 1. The van der Waals surface area contributed by atoms with Crippen molar-refractivity contribution >= 4 is 54.7 Å². The van der Waals surface area contributed by atoms with Crippen LogP contribution in [0, 0.1) is 10.1 Å². The molecule has 1 atom stereocenters. The fraction of sp³-hybridized carbons (Fsp3) is 0.222. The number of halogens is 2. The molecule has 0 unspecified atom stereocenters. The second-order valence-electron chi connectivity index (χ2n) is 8.54. The number of hydrogen-bond donors (Lipinski definition) is 0. The normalized spacial score (nSPS) is 12.1. The summed E-state index contributed by atoms with van der Waals surface area (Å²) in [6.45, 7) is 4.15. The monoisotopic (exact) mass is 642 g/mol. The van der Waals surface area contributed by atoms with Gasteiger partial charge in [-0.3, -0.25) is 14.9 Å². The van der Waals surface area contributed by atoms with Crippen LogP contribution in [0.25, 0.3) is 10.9 Å². The molecule has 9 nitrogen and oxygen atoms in total. The van der Waals surface area contributed by atoms with Gasteiger partial charge in [0.25, 0.3) is 11.2 Å². The molecule has 0 saturated carbocycles. The first-order valence-corrected chi connectivity index (χ1v) is 13.3. The second-order valence-corrected chi connectivity index (χ2v) is 10.3. The van der Waals surface area contributed by atoms with Crippen molar-refractivity contribution in [3.8, 4) is 11.5 Å². The van der Waals surface area contributed by atoms with E-state index >= 15 is 0 Å². The lowest BCUT2D eigenvalue weighted by Crippen LogP contribution is -2.23. The van der Waals surface area contributed by atoms with Gasteiger partial charge in [-0.2, -0.15) is 9.78 Å². The van der Waals surface area contributed by atoms with Gasteiger partial charge >= 0.3 is 0 Å². The Kier molecular flexibility index (Phi) is 8.58. The van der Waals surface area contributed by atoms with Crippen molar-refractivity contribution in [3.05, 3.63) is 101 Å². The van der Waals surface area contributed by atoms with Gasteiger partial charge in [0.15, 0.2) is 11.5 Å². The summed E-state index contributed by atoms with van der Waals surface area (Å²) in [7, 11) is 1.51. The van der Waals surface area contributed by atoms with Crippen LogP contribution in [0.5, 0.6) is 11.5 Å². The third kappa shape index (κ3) is 5.94.